The molecule has 2 rings (SSSR count). The third-order valence-corrected chi connectivity index (χ3v) is 3.60. The van der Waals surface area contributed by atoms with Crippen LogP contribution in [0.1, 0.15) is 39.7 Å². The third kappa shape index (κ3) is 4.35. The van der Waals surface area contributed by atoms with E-state index in [2.05, 4.69) is 57.1 Å². The third-order valence-electron chi connectivity index (χ3n) is 3.60. The van der Waals surface area contributed by atoms with Crippen LogP contribution in [0.15, 0.2) is 30.5 Å². The van der Waals surface area contributed by atoms with Gasteiger partial charge in [-0.25, -0.2) is 0 Å². The van der Waals surface area contributed by atoms with Crippen LogP contribution < -0.4 is 5.73 Å². The van der Waals surface area contributed by atoms with Gasteiger partial charge in [0.05, 0.1) is 5.69 Å². The number of nitrogens with zero attached hydrogens (tertiary/aromatic N) is 2. The van der Waals surface area contributed by atoms with Crippen LogP contribution in [0.3, 0.4) is 0 Å². The van der Waals surface area contributed by atoms with Gasteiger partial charge in [0.2, 0.25) is 0 Å². The van der Waals surface area contributed by atoms with E-state index < -0.39 is 0 Å². The second-order valence-corrected chi connectivity index (χ2v) is 6.67. The second-order valence-electron chi connectivity index (χ2n) is 6.67. The van der Waals surface area contributed by atoms with Gasteiger partial charge >= 0.3 is 0 Å². The van der Waals surface area contributed by atoms with E-state index in [1.165, 1.54) is 5.56 Å². The largest absolute Gasteiger partial charge is 0.396 e. The molecule has 1 heterocycles. The summed E-state index contributed by atoms with van der Waals surface area (Å²) < 4.78 is 1.96. The summed E-state index contributed by atoms with van der Waals surface area (Å²) in [6.07, 6.45) is 4.17. The summed E-state index contributed by atoms with van der Waals surface area (Å²) in [5, 5.41) is 4.63. The molecule has 1 aromatic carbocycles. The van der Waals surface area contributed by atoms with E-state index in [0.717, 1.165) is 36.3 Å². The predicted molar refractivity (Wildman–Crippen MR) is 90.1 cm³/mol. The first-order chi connectivity index (χ1) is 9.95. The van der Waals surface area contributed by atoms with Gasteiger partial charge in [-0.1, -0.05) is 52.0 Å². The van der Waals surface area contributed by atoms with Crippen molar-refractivity contribution in [1.29, 1.82) is 0 Å². The fourth-order valence-electron chi connectivity index (χ4n) is 2.44. The predicted octanol–water partition coefficient (Wildman–Crippen LogP) is 4.38. The number of aromatic nitrogens is 2. The Morgan fingerprint density at radius 2 is 1.71 bits per heavy atom. The van der Waals surface area contributed by atoms with Crippen molar-refractivity contribution in [3.8, 4) is 11.3 Å². The summed E-state index contributed by atoms with van der Waals surface area (Å²) in [6, 6.07) is 8.62. The maximum absolute atomic E-state index is 6.12. The maximum Gasteiger partial charge on any atom is 0.115 e. The molecule has 0 aliphatic carbocycles. The van der Waals surface area contributed by atoms with Gasteiger partial charge in [0.15, 0.2) is 0 Å². The van der Waals surface area contributed by atoms with Gasteiger partial charge in [0, 0.05) is 18.3 Å². The van der Waals surface area contributed by atoms with Gasteiger partial charge in [-0.15, -0.1) is 0 Å². The molecule has 2 aromatic rings. The van der Waals surface area contributed by atoms with Crippen molar-refractivity contribution < 1.29 is 0 Å². The molecule has 0 fully saturated rings. The van der Waals surface area contributed by atoms with Crippen LogP contribution in [0.4, 0.5) is 5.69 Å². The quantitative estimate of drug-likeness (QED) is 0.856. The highest BCUT2D eigenvalue weighted by Gasteiger charge is 2.09. The van der Waals surface area contributed by atoms with Gasteiger partial charge in [-0.3, -0.25) is 4.68 Å². The summed E-state index contributed by atoms with van der Waals surface area (Å²) in [5.74, 6) is 1.35. The van der Waals surface area contributed by atoms with E-state index in [-0.39, 0.29) is 0 Å². The minimum atomic E-state index is 0.675. The zero-order valence-corrected chi connectivity index (χ0v) is 13.6. The number of anilines is 1. The minimum Gasteiger partial charge on any atom is -0.396 e. The lowest BCUT2D eigenvalue weighted by atomic mass is 10.0. The zero-order valence-electron chi connectivity index (χ0n) is 13.6. The molecule has 1 aromatic heterocycles. The molecule has 0 spiro atoms. The number of rotatable bonds is 6. The molecule has 0 atom stereocenters. The average molecular weight is 285 g/mol. The number of aryl methyl sites for hydroxylation is 1. The Morgan fingerprint density at radius 1 is 1.05 bits per heavy atom. The van der Waals surface area contributed by atoms with Crippen LogP contribution in [0.25, 0.3) is 11.3 Å². The molecule has 0 amide bonds. The van der Waals surface area contributed by atoms with Crippen molar-refractivity contribution in [2.45, 2.75) is 47.1 Å². The molecule has 0 bridgehead atoms. The first kappa shape index (κ1) is 15.6. The number of nitrogens with two attached hydrogens (primary N) is 1. The van der Waals surface area contributed by atoms with Gasteiger partial charge < -0.3 is 5.73 Å². The fraction of sp³-hybridized carbons (Fsp3) is 0.500. The van der Waals surface area contributed by atoms with Crippen molar-refractivity contribution >= 4 is 5.69 Å². The second kappa shape index (κ2) is 6.79. The first-order valence-electron chi connectivity index (χ1n) is 7.88. The van der Waals surface area contributed by atoms with Crippen molar-refractivity contribution in [3.63, 3.8) is 0 Å². The Labute approximate surface area is 128 Å². The van der Waals surface area contributed by atoms with Gasteiger partial charge in [-0.2, -0.15) is 5.10 Å². The Morgan fingerprint density at radius 3 is 2.29 bits per heavy atom. The van der Waals surface area contributed by atoms with E-state index in [0.29, 0.717) is 11.8 Å². The van der Waals surface area contributed by atoms with Crippen molar-refractivity contribution in [3.05, 3.63) is 36.0 Å². The molecular formula is C18H27N3. The Kier molecular flexibility index (Phi) is 5.05. The molecule has 0 aliphatic heterocycles. The highest BCUT2D eigenvalue weighted by atomic mass is 15.3. The molecule has 2 N–H and O–H groups in total. The molecule has 0 unspecified atom stereocenters. The monoisotopic (exact) mass is 285 g/mol. The van der Waals surface area contributed by atoms with E-state index in [1.807, 2.05) is 10.9 Å². The molecule has 0 radical (unpaired) electrons. The molecule has 3 heteroatoms. The van der Waals surface area contributed by atoms with Crippen LogP contribution in [0.2, 0.25) is 0 Å². The molecule has 0 aliphatic rings. The Balaban J connectivity index is 2.14. The lowest BCUT2D eigenvalue weighted by Crippen LogP contribution is -2.02. The number of hydrogen-bond acceptors (Lipinski definition) is 2. The summed E-state index contributed by atoms with van der Waals surface area (Å²) in [6.45, 7) is 9.85. The summed E-state index contributed by atoms with van der Waals surface area (Å²) in [7, 11) is 0. The normalized spacial score (nSPS) is 11.5. The van der Waals surface area contributed by atoms with Crippen molar-refractivity contribution in [1.82, 2.24) is 9.78 Å². The van der Waals surface area contributed by atoms with Crippen LogP contribution >= 0.6 is 0 Å². The molecule has 114 valence electrons. The minimum absolute atomic E-state index is 0.675. The lowest BCUT2D eigenvalue weighted by Gasteiger charge is -2.06. The summed E-state index contributed by atoms with van der Waals surface area (Å²) in [5.41, 5.74) is 10.2. The standard InChI is InChI=1S/C18H27N3/c1-13(2)9-10-21-12-17(19)18(20-21)16-7-5-15(6-8-16)11-14(3)4/h5-8,12-14H,9-11,19H2,1-4H3. The summed E-state index contributed by atoms with van der Waals surface area (Å²) >= 11 is 0. The Hall–Kier alpha value is -1.77. The SMILES string of the molecule is CC(C)CCn1cc(N)c(-c2ccc(CC(C)C)cc2)n1. The van der Waals surface area contributed by atoms with Gasteiger partial charge in [-0.05, 0) is 30.2 Å². The smallest absolute Gasteiger partial charge is 0.115 e. The molecule has 3 nitrogen and oxygen atoms in total. The van der Waals surface area contributed by atoms with Crippen LogP contribution in [0.5, 0.6) is 0 Å². The van der Waals surface area contributed by atoms with Crippen molar-refractivity contribution in [2.75, 3.05) is 5.73 Å². The topological polar surface area (TPSA) is 43.8 Å². The average Bonchev–Trinajstić information content (AvgIpc) is 2.78. The lowest BCUT2D eigenvalue weighted by molar-refractivity contribution is 0.488. The first-order valence-corrected chi connectivity index (χ1v) is 7.88. The summed E-state index contributed by atoms with van der Waals surface area (Å²) in [4.78, 5) is 0. The van der Waals surface area contributed by atoms with Gasteiger partial charge in [0.25, 0.3) is 0 Å². The fourth-order valence-corrected chi connectivity index (χ4v) is 2.44. The van der Waals surface area contributed by atoms with Crippen LogP contribution in [-0.4, -0.2) is 9.78 Å². The number of nitrogen functional groups attached to an aromatic ring is 1. The van der Waals surface area contributed by atoms with E-state index in [4.69, 9.17) is 5.73 Å². The van der Waals surface area contributed by atoms with Crippen molar-refractivity contribution in [2.24, 2.45) is 11.8 Å². The molecule has 0 saturated heterocycles. The van der Waals surface area contributed by atoms with Gasteiger partial charge in [0.1, 0.15) is 5.69 Å². The van der Waals surface area contributed by atoms with E-state index in [1.54, 1.807) is 0 Å². The number of benzene rings is 1. The molecule has 0 saturated carbocycles. The van der Waals surface area contributed by atoms with Crippen LogP contribution in [-0.2, 0) is 13.0 Å². The van der Waals surface area contributed by atoms with E-state index >= 15 is 0 Å². The highest BCUT2D eigenvalue weighted by Crippen LogP contribution is 2.25. The molecule has 21 heavy (non-hydrogen) atoms. The molecular weight excluding hydrogens is 258 g/mol. The zero-order chi connectivity index (χ0) is 15.4. The maximum atomic E-state index is 6.12. The van der Waals surface area contributed by atoms with Crippen LogP contribution in [0, 0.1) is 11.8 Å². The Bertz CT molecular complexity index is 565. The highest BCUT2D eigenvalue weighted by molar-refractivity contribution is 5.72. The van der Waals surface area contributed by atoms with E-state index in [9.17, 15) is 0 Å². The number of hydrogen-bond donors (Lipinski definition) is 1.